The van der Waals surface area contributed by atoms with E-state index in [4.69, 9.17) is 27.9 Å². The van der Waals surface area contributed by atoms with Crippen molar-refractivity contribution < 1.29 is 9.84 Å². The Morgan fingerprint density at radius 1 is 1.27 bits per heavy atom. The van der Waals surface area contributed by atoms with Gasteiger partial charge in [0.2, 0.25) is 0 Å². The number of aliphatic hydroxyl groups is 1. The molecule has 120 valence electrons. The lowest BCUT2D eigenvalue weighted by Crippen LogP contribution is -2.33. The smallest absolute Gasteiger partial charge is 0.127 e. The summed E-state index contributed by atoms with van der Waals surface area (Å²) < 4.78 is 5.90. The molecule has 0 saturated heterocycles. The molecule has 1 aliphatic heterocycles. The van der Waals surface area contributed by atoms with Gasteiger partial charge in [-0.05, 0) is 31.9 Å². The van der Waals surface area contributed by atoms with Crippen LogP contribution in [0.5, 0.6) is 5.75 Å². The van der Waals surface area contributed by atoms with E-state index in [-0.39, 0.29) is 5.41 Å². The first-order valence-corrected chi connectivity index (χ1v) is 8.10. The molecule has 1 heterocycles. The molecule has 0 saturated carbocycles. The second kappa shape index (κ2) is 6.27. The first kappa shape index (κ1) is 17.4. The van der Waals surface area contributed by atoms with Crippen molar-refractivity contribution in [3.05, 3.63) is 51.5 Å². The third-order valence-electron chi connectivity index (χ3n) is 4.01. The number of rotatable bonds is 2. The summed E-state index contributed by atoms with van der Waals surface area (Å²) in [5, 5.41) is 12.3. The number of fused-ring (bicyclic) bond motifs is 1. The summed E-state index contributed by atoms with van der Waals surface area (Å²) in [7, 11) is 0. The van der Waals surface area contributed by atoms with Gasteiger partial charge in [0.25, 0.3) is 0 Å². The fourth-order valence-corrected chi connectivity index (χ4v) is 3.13. The van der Waals surface area contributed by atoms with E-state index < -0.39 is 5.60 Å². The second-order valence-electron chi connectivity index (χ2n) is 6.63. The van der Waals surface area contributed by atoms with Gasteiger partial charge in [-0.15, -0.1) is 0 Å². The van der Waals surface area contributed by atoms with E-state index in [0.29, 0.717) is 34.4 Å². The van der Waals surface area contributed by atoms with Crippen LogP contribution in [0.1, 0.15) is 39.7 Å². The largest absolute Gasteiger partial charge is 0.493 e. The van der Waals surface area contributed by atoms with Crippen molar-refractivity contribution in [2.75, 3.05) is 6.61 Å². The predicted octanol–water partition coefficient (Wildman–Crippen LogP) is 5.51. The molecular formula is C18H22Cl2O2. The van der Waals surface area contributed by atoms with Crippen LogP contribution in [-0.4, -0.2) is 11.7 Å². The Kier molecular flexibility index (Phi) is 4.96. The molecule has 2 rings (SSSR count). The fourth-order valence-electron chi connectivity index (χ4n) is 2.81. The summed E-state index contributed by atoms with van der Waals surface area (Å²) in [6.45, 7) is 8.54. The van der Waals surface area contributed by atoms with E-state index >= 15 is 0 Å². The van der Waals surface area contributed by atoms with E-state index in [2.05, 4.69) is 13.8 Å². The van der Waals surface area contributed by atoms with Crippen molar-refractivity contribution in [1.82, 2.24) is 0 Å². The van der Waals surface area contributed by atoms with Crippen LogP contribution in [0.15, 0.2) is 35.9 Å². The van der Waals surface area contributed by atoms with Crippen LogP contribution in [-0.2, 0) is 5.60 Å². The lowest BCUT2D eigenvalue weighted by molar-refractivity contribution is 0.0265. The maximum Gasteiger partial charge on any atom is 0.127 e. The highest BCUT2D eigenvalue weighted by molar-refractivity contribution is 6.42. The highest BCUT2D eigenvalue weighted by Crippen LogP contribution is 2.48. The molecule has 0 fully saturated rings. The van der Waals surface area contributed by atoms with Gasteiger partial charge in [0.05, 0.1) is 16.7 Å². The third kappa shape index (κ3) is 3.34. The van der Waals surface area contributed by atoms with Crippen LogP contribution < -0.4 is 4.74 Å². The molecule has 1 aromatic carbocycles. The van der Waals surface area contributed by atoms with Gasteiger partial charge in [-0.1, -0.05) is 55.3 Å². The van der Waals surface area contributed by atoms with Crippen LogP contribution in [0, 0.1) is 5.41 Å². The van der Waals surface area contributed by atoms with Crippen molar-refractivity contribution in [1.29, 1.82) is 0 Å². The normalized spacial score (nSPS) is 24.8. The molecule has 0 bridgehead atoms. The summed E-state index contributed by atoms with van der Waals surface area (Å²) in [6, 6.07) is 3.40. The van der Waals surface area contributed by atoms with Crippen LogP contribution in [0.4, 0.5) is 0 Å². The van der Waals surface area contributed by atoms with Gasteiger partial charge in [0.1, 0.15) is 11.4 Å². The Morgan fingerprint density at radius 3 is 2.55 bits per heavy atom. The summed E-state index contributed by atoms with van der Waals surface area (Å²) in [4.78, 5) is 0. The van der Waals surface area contributed by atoms with Gasteiger partial charge in [-0.2, -0.15) is 0 Å². The predicted molar refractivity (Wildman–Crippen MR) is 92.8 cm³/mol. The van der Waals surface area contributed by atoms with E-state index in [1.807, 2.05) is 32.1 Å². The quantitative estimate of drug-likeness (QED) is 0.719. The highest BCUT2D eigenvalue weighted by atomic mass is 35.5. The first-order chi connectivity index (χ1) is 10.2. The summed E-state index contributed by atoms with van der Waals surface area (Å²) in [5.41, 5.74) is 0.204. The van der Waals surface area contributed by atoms with Crippen molar-refractivity contribution in [2.45, 2.75) is 39.7 Å². The van der Waals surface area contributed by atoms with Gasteiger partial charge in [0.15, 0.2) is 0 Å². The Bertz CT molecular complexity index is 632. The lowest BCUT2D eigenvalue weighted by atomic mass is 9.74. The zero-order valence-electron chi connectivity index (χ0n) is 13.4. The van der Waals surface area contributed by atoms with Crippen molar-refractivity contribution in [3.63, 3.8) is 0 Å². The molecule has 22 heavy (non-hydrogen) atoms. The number of ether oxygens (including phenoxy) is 1. The van der Waals surface area contributed by atoms with E-state index in [1.165, 1.54) is 0 Å². The maximum absolute atomic E-state index is 11.5. The molecule has 1 aliphatic rings. The van der Waals surface area contributed by atoms with Gasteiger partial charge in [-0.3, -0.25) is 0 Å². The van der Waals surface area contributed by atoms with E-state index in [9.17, 15) is 5.11 Å². The fraction of sp³-hybridized carbons (Fsp3) is 0.444. The number of halogens is 2. The first-order valence-electron chi connectivity index (χ1n) is 7.34. The molecule has 0 spiro atoms. The molecule has 2 nitrogen and oxygen atoms in total. The number of benzene rings is 1. The Balaban J connectivity index is 2.67. The molecule has 0 radical (unpaired) electrons. The van der Waals surface area contributed by atoms with Crippen LogP contribution in [0.2, 0.25) is 10.0 Å². The van der Waals surface area contributed by atoms with Crippen molar-refractivity contribution in [3.8, 4) is 5.75 Å². The zero-order valence-corrected chi connectivity index (χ0v) is 14.9. The molecule has 4 heteroatoms. The molecule has 1 atom stereocenters. The number of hydrogen-bond donors (Lipinski definition) is 1. The maximum atomic E-state index is 11.5. The van der Waals surface area contributed by atoms with Gasteiger partial charge >= 0.3 is 0 Å². The minimum Gasteiger partial charge on any atom is -0.493 e. The highest BCUT2D eigenvalue weighted by Gasteiger charge is 2.42. The summed E-state index contributed by atoms with van der Waals surface area (Å²) in [6.07, 6.45) is 6.32. The van der Waals surface area contributed by atoms with Gasteiger partial charge < -0.3 is 9.84 Å². The van der Waals surface area contributed by atoms with E-state index in [1.54, 1.807) is 12.1 Å². The van der Waals surface area contributed by atoms with E-state index in [0.717, 1.165) is 5.57 Å². The van der Waals surface area contributed by atoms with Gasteiger partial charge in [0, 0.05) is 17.0 Å². The summed E-state index contributed by atoms with van der Waals surface area (Å²) >= 11 is 12.3. The standard InChI is InChI=1S/C18H22Cl2O2/c1-5-6-7-12(2)18(21)10-17(3,4)11-22-16-9-15(20)14(19)8-13(16)18/h5-9,21H,10-11H2,1-4H3/b6-5-,12-7+. The van der Waals surface area contributed by atoms with Gasteiger partial charge in [-0.25, -0.2) is 0 Å². The Labute approximate surface area is 142 Å². The number of hydrogen-bond acceptors (Lipinski definition) is 2. The Morgan fingerprint density at radius 2 is 1.91 bits per heavy atom. The SMILES string of the molecule is C/C=C\C=C(/C)C1(O)CC(C)(C)COc2cc(Cl)c(Cl)cc21. The molecule has 1 N–H and O–H groups in total. The monoisotopic (exact) mass is 340 g/mol. The average Bonchev–Trinajstić information content (AvgIpc) is 2.53. The number of allylic oxidation sites excluding steroid dienone is 3. The second-order valence-corrected chi connectivity index (χ2v) is 7.44. The molecule has 1 unspecified atom stereocenters. The zero-order chi connectivity index (χ0) is 16.5. The van der Waals surface area contributed by atoms with Crippen LogP contribution >= 0.6 is 23.2 Å². The lowest BCUT2D eigenvalue weighted by Gasteiger charge is -2.34. The Hall–Kier alpha value is -0.960. The van der Waals surface area contributed by atoms with Crippen LogP contribution in [0.3, 0.4) is 0 Å². The summed E-state index contributed by atoms with van der Waals surface area (Å²) in [5.74, 6) is 0.593. The average molecular weight is 341 g/mol. The topological polar surface area (TPSA) is 29.5 Å². The molecule has 0 aliphatic carbocycles. The molecular weight excluding hydrogens is 319 g/mol. The van der Waals surface area contributed by atoms with Crippen molar-refractivity contribution >= 4 is 23.2 Å². The van der Waals surface area contributed by atoms with Crippen LogP contribution in [0.25, 0.3) is 0 Å². The minimum atomic E-state index is -1.14. The molecule has 1 aromatic rings. The van der Waals surface area contributed by atoms with Crippen molar-refractivity contribution in [2.24, 2.45) is 5.41 Å². The third-order valence-corrected chi connectivity index (χ3v) is 4.73. The molecule has 0 amide bonds. The minimum absolute atomic E-state index is 0.183. The molecule has 0 aromatic heterocycles.